The highest BCUT2D eigenvalue weighted by molar-refractivity contribution is 5.64. The van der Waals surface area contributed by atoms with Gasteiger partial charge in [0.25, 0.3) is 0 Å². The Balaban J connectivity index is 1.39. The number of rotatable bonds is 4. The van der Waals surface area contributed by atoms with Gasteiger partial charge in [0.2, 0.25) is 11.8 Å². The van der Waals surface area contributed by atoms with Gasteiger partial charge in [0.05, 0.1) is 39.2 Å². The van der Waals surface area contributed by atoms with Gasteiger partial charge in [0.1, 0.15) is 18.1 Å². The molecule has 5 rings (SSSR count). The zero-order valence-corrected chi connectivity index (χ0v) is 20.6. The minimum Gasteiger partial charge on any atom is -0.492 e. The molecule has 1 N–H and O–H groups in total. The Bertz CT molecular complexity index is 1220. The fourth-order valence-corrected chi connectivity index (χ4v) is 4.07. The minimum absolute atomic E-state index is 0.159. The topological polar surface area (TPSA) is 90.9 Å². The number of pyridine rings is 1. The van der Waals surface area contributed by atoms with Crippen LogP contribution in [0.1, 0.15) is 12.0 Å². The van der Waals surface area contributed by atoms with E-state index in [-0.39, 0.29) is 11.6 Å². The number of benzene rings is 1. The summed E-state index contributed by atoms with van der Waals surface area (Å²) in [6.07, 6.45) is 7.39. The third-order valence-electron chi connectivity index (χ3n) is 5.94. The summed E-state index contributed by atoms with van der Waals surface area (Å²) in [7, 11) is 0. The van der Waals surface area contributed by atoms with Crippen LogP contribution in [0.15, 0.2) is 54.9 Å². The number of halogens is 1. The van der Waals surface area contributed by atoms with Gasteiger partial charge in [-0.25, -0.2) is 19.3 Å². The number of aromatic nitrogens is 3. The van der Waals surface area contributed by atoms with Crippen molar-refractivity contribution in [3.05, 3.63) is 66.3 Å². The minimum atomic E-state index is -0.533. The molecule has 0 radical (unpaired) electrons. The first-order valence-electron chi connectivity index (χ1n) is 12.4. The molecule has 1 saturated heterocycles. The molecule has 4 heterocycles. The molecule has 10 heteroatoms. The van der Waals surface area contributed by atoms with Gasteiger partial charge >= 0.3 is 0 Å². The van der Waals surface area contributed by atoms with E-state index in [0.29, 0.717) is 50.0 Å². The van der Waals surface area contributed by atoms with Crippen LogP contribution in [0, 0.1) is 5.82 Å². The first-order chi connectivity index (χ1) is 18.2. The molecular formula is C27H30FN5O4. The fraction of sp³-hybridized carbons (Fsp3) is 0.370. The molecule has 1 aromatic carbocycles. The van der Waals surface area contributed by atoms with E-state index in [1.54, 1.807) is 18.3 Å². The quantitative estimate of drug-likeness (QED) is 0.527. The monoisotopic (exact) mass is 507 g/mol. The summed E-state index contributed by atoms with van der Waals surface area (Å²) >= 11 is 0. The first kappa shape index (κ1) is 25.1. The Labute approximate surface area is 215 Å². The maximum atomic E-state index is 14.7. The fourth-order valence-electron chi connectivity index (χ4n) is 4.07. The molecule has 0 saturated carbocycles. The van der Waals surface area contributed by atoms with Crippen molar-refractivity contribution in [2.24, 2.45) is 0 Å². The lowest BCUT2D eigenvalue weighted by atomic mass is 10.2. The predicted octanol–water partition coefficient (Wildman–Crippen LogP) is 3.99. The van der Waals surface area contributed by atoms with Crippen molar-refractivity contribution < 1.29 is 23.3 Å². The van der Waals surface area contributed by atoms with Crippen LogP contribution in [0.3, 0.4) is 0 Å². The summed E-state index contributed by atoms with van der Waals surface area (Å²) < 4.78 is 37.7. The van der Waals surface area contributed by atoms with Gasteiger partial charge in [0.15, 0.2) is 5.82 Å². The van der Waals surface area contributed by atoms with Crippen molar-refractivity contribution in [3.63, 3.8) is 0 Å². The van der Waals surface area contributed by atoms with Gasteiger partial charge in [-0.15, -0.1) is 0 Å². The smallest absolute Gasteiger partial charge is 0.227 e. The predicted molar refractivity (Wildman–Crippen MR) is 137 cm³/mol. The average molecular weight is 508 g/mol. The first-order valence-corrected chi connectivity index (χ1v) is 12.4. The summed E-state index contributed by atoms with van der Waals surface area (Å²) in [4.78, 5) is 15.1. The summed E-state index contributed by atoms with van der Waals surface area (Å²) in [6.45, 7) is 6.02. The second kappa shape index (κ2) is 12.6. The lowest BCUT2D eigenvalue weighted by Gasteiger charge is -2.26. The Kier molecular flexibility index (Phi) is 8.52. The molecule has 1 fully saturated rings. The van der Waals surface area contributed by atoms with E-state index in [2.05, 4.69) is 25.2 Å². The normalized spacial score (nSPS) is 17.5. The van der Waals surface area contributed by atoms with Crippen LogP contribution in [0.5, 0.6) is 11.6 Å². The SMILES string of the molecule is Fc1cnc2nc1-c1ccnc(c1)OCC/C=C/COCc1cc(cc(OCCN3CCOCC3)c1)N2. The maximum Gasteiger partial charge on any atom is 0.227 e. The number of fused-ring (bicyclic) bond motifs is 7. The summed E-state index contributed by atoms with van der Waals surface area (Å²) in [5, 5.41) is 3.19. The molecule has 3 aromatic rings. The highest BCUT2D eigenvalue weighted by Gasteiger charge is 2.13. The summed E-state index contributed by atoms with van der Waals surface area (Å²) in [5.41, 5.74) is 2.37. The number of morpholine rings is 1. The number of hydrogen-bond acceptors (Lipinski definition) is 9. The highest BCUT2D eigenvalue weighted by Crippen LogP contribution is 2.27. The van der Waals surface area contributed by atoms with E-state index in [4.69, 9.17) is 18.9 Å². The zero-order chi connectivity index (χ0) is 25.3. The molecule has 0 atom stereocenters. The van der Waals surface area contributed by atoms with Gasteiger partial charge in [-0.05, 0) is 30.2 Å². The summed E-state index contributed by atoms with van der Waals surface area (Å²) in [5.74, 6) is 0.841. The number of hydrogen-bond donors (Lipinski definition) is 1. The van der Waals surface area contributed by atoms with Crippen LogP contribution in [-0.2, 0) is 16.1 Å². The zero-order valence-electron chi connectivity index (χ0n) is 20.6. The standard InChI is InChI=1S/C27H30FN5O4/c28-24-18-30-27-31-22-14-20(15-23(17-22)36-13-8-33-6-11-34-12-7-33)19-35-9-2-1-3-10-37-25-16-21(4-5-29-25)26(24)32-27/h1-2,4-5,14-18H,3,6-13,19H2,(H,30,31,32)/b2-1+. The van der Waals surface area contributed by atoms with Gasteiger partial charge in [0, 0.05) is 49.2 Å². The average Bonchev–Trinajstić information content (AvgIpc) is 2.91. The molecule has 0 spiro atoms. The second-order valence-corrected chi connectivity index (χ2v) is 8.69. The molecular weight excluding hydrogens is 477 g/mol. The molecule has 2 aromatic heterocycles. The highest BCUT2D eigenvalue weighted by atomic mass is 19.1. The van der Waals surface area contributed by atoms with Gasteiger partial charge in [-0.1, -0.05) is 12.2 Å². The third kappa shape index (κ3) is 7.22. The number of nitrogens with zero attached hydrogens (tertiary/aromatic N) is 4. The van der Waals surface area contributed by atoms with Crippen molar-refractivity contribution in [1.82, 2.24) is 19.9 Å². The van der Waals surface area contributed by atoms with E-state index in [9.17, 15) is 4.39 Å². The number of anilines is 2. The van der Waals surface area contributed by atoms with Gasteiger partial charge in [-0.3, -0.25) is 4.90 Å². The van der Waals surface area contributed by atoms with Crippen molar-refractivity contribution >= 4 is 11.6 Å². The van der Waals surface area contributed by atoms with Crippen LogP contribution in [0.2, 0.25) is 0 Å². The van der Waals surface area contributed by atoms with Crippen molar-refractivity contribution in [1.29, 1.82) is 0 Å². The molecule has 0 amide bonds. The van der Waals surface area contributed by atoms with Crippen LogP contribution >= 0.6 is 0 Å². The Hall–Kier alpha value is -3.60. The van der Waals surface area contributed by atoms with Gasteiger partial charge < -0.3 is 24.3 Å². The third-order valence-corrected chi connectivity index (χ3v) is 5.94. The van der Waals surface area contributed by atoms with E-state index < -0.39 is 5.82 Å². The van der Waals surface area contributed by atoms with Crippen molar-refractivity contribution in [2.45, 2.75) is 13.0 Å². The Morgan fingerprint density at radius 3 is 2.86 bits per heavy atom. The van der Waals surface area contributed by atoms with E-state index in [1.807, 2.05) is 30.4 Å². The summed E-state index contributed by atoms with van der Waals surface area (Å²) in [6, 6.07) is 9.17. The molecule has 37 heavy (non-hydrogen) atoms. The van der Waals surface area contributed by atoms with Crippen molar-refractivity contribution in [2.75, 3.05) is 58.0 Å². The molecule has 9 nitrogen and oxygen atoms in total. The van der Waals surface area contributed by atoms with Crippen LogP contribution < -0.4 is 14.8 Å². The second-order valence-electron chi connectivity index (χ2n) is 8.69. The van der Waals surface area contributed by atoms with E-state index in [0.717, 1.165) is 50.3 Å². The number of ether oxygens (including phenoxy) is 4. The van der Waals surface area contributed by atoms with E-state index in [1.165, 1.54) is 0 Å². The molecule has 0 unspecified atom stereocenters. The van der Waals surface area contributed by atoms with Gasteiger partial charge in [-0.2, -0.15) is 0 Å². The Morgan fingerprint density at radius 1 is 1.03 bits per heavy atom. The maximum absolute atomic E-state index is 14.7. The van der Waals surface area contributed by atoms with Crippen molar-refractivity contribution in [3.8, 4) is 22.9 Å². The Morgan fingerprint density at radius 2 is 1.95 bits per heavy atom. The van der Waals surface area contributed by atoms with E-state index >= 15 is 0 Å². The molecule has 194 valence electrons. The van der Waals surface area contributed by atoms with Crippen LogP contribution in [0.25, 0.3) is 11.3 Å². The lowest BCUT2D eigenvalue weighted by Crippen LogP contribution is -2.38. The molecule has 0 aliphatic carbocycles. The molecule has 6 bridgehead atoms. The lowest BCUT2D eigenvalue weighted by molar-refractivity contribution is 0.0322. The van der Waals surface area contributed by atoms with Crippen LogP contribution in [0.4, 0.5) is 16.0 Å². The largest absolute Gasteiger partial charge is 0.492 e. The van der Waals surface area contributed by atoms with Crippen LogP contribution in [-0.4, -0.2) is 72.5 Å². The number of nitrogens with one attached hydrogen (secondary N) is 1. The molecule has 2 aliphatic heterocycles. The molecule has 2 aliphatic rings.